The highest BCUT2D eigenvalue weighted by atomic mass is 19.1. The molecule has 1 saturated heterocycles. The van der Waals surface area contributed by atoms with Crippen LogP contribution in [-0.2, 0) is 15.0 Å². The highest BCUT2D eigenvalue weighted by molar-refractivity contribution is 5.45. The Bertz CT molecular complexity index is 535. The molecule has 0 saturated carbocycles. The summed E-state index contributed by atoms with van der Waals surface area (Å²) in [6.45, 7) is -0.00725. The highest BCUT2D eigenvalue weighted by Crippen LogP contribution is 2.39. The quantitative estimate of drug-likeness (QED) is 0.686. The first kappa shape index (κ1) is 18.0. The lowest BCUT2D eigenvalue weighted by atomic mass is 9.75. The number of alkyl halides is 2. The Kier molecular flexibility index (Phi) is 5.85. The van der Waals surface area contributed by atoms with Crippen LogP contribution < -0.4 is 16.8 Å². The zero-order chi connectivity index (χ0) is 17.0. The standard InChI is InChI=1S/C15H22F3N3O2/c1-2-22-13(6-16)11-7-23-14(20)21-15(11,8-17)10-5-9(19)3-4-12(10)18/h3-5,11,13-14,21H,2,6-8,19-20H2,1H3/t11-,13+,14?,15-/m1/s1. The van der Waals surface area contributed by atoms with Crippen molar-refractivity contribution in [3.8, 4) is 0 Å². The molecule has 5 nitrogen and oxygen atoms in total. The molecule has 0 aromatic heterocycles. The van der Waals surface area contributed by atoms with E-state index in [0.717, 1.165) is 6.07 Å². The summed E-state index contributed by atoms with van der Waals surface area (Å²) in [5.41, 5.74) is 10.1. The number of anilines is 1. The number of hydrogen-bond acceptors (Lipinski definition) is 5. The first-order valence-electron chi connectivity index (χ1n) is 7.42. The Morgan fingerprint density at radius 3 is 2.83 bits per heavy atom. The minimum absolute atomic E-state index is 0.0121. The first-order valence-corrected chi connectivity index (χ1v) is 7.42. The predicted molar refractivity (Wildman–Crippen MR) is 80.4 cm³/mol. The summed E-state index contributed by atoms with van der Waals surface area (Å²) in [7, 11) is 0. The molecule has 0 spiro atoms. The van der Waals surface area contributed by atoms with Crippen LogP contribution in [0.25, 0.3) is 0 Å². The lowest BCUT2D eigenvalue weighted by Crippen LogP contribution is -2.66. The van der Waals surface area contributed by atoms with Crippen LogP contribution >= 0.6 is 0 Å². The van der Waals surface area contributed by atoms with E-state index in [2.05, 4.69) is 5.32 Å². The zero-order valence-electron chi connectivity index (χ0n) is 12.9. The largest absolute Gasteiger partial charge is 0.399 e. The van der Waals surface area contributed by atoms with Crippen molar-refractivity contribution in [2.75, 3.05) is 32.3 Å². The third-order valence-corrected chi connectivity index (χ3v) is 4.15. The molecule has 0 radical (unpaired) electrons. The van der Waals surface area contributed by atoms with E-state index >= 15 is 0 Å². The molecule has 5 N–H and O–H groups in total. The molecule has 2 rings (SSSR count). The average molecular weight is 333 g/mol. The van der Waals surface area contributed by atoms with Crippen molar-refractivity contribution >= 4 is 5.69 Å². The average Bonchev–Trinajstić information content (AvgIpc) is 2.55. The third-order valence-electron chi connectivity index (χ3n) is 4.15. The van der Waals surface area contributed by atoms with Gasteiger partial charge in [-0.2, -0.15) is 0 Å². The molecule has 0 bridgehead atoms. The van der Waals surface area contributed by atoms with E-state index in [1.54, 1.807) is 6.92 Å². The van der Waals surface area contributed by atoms with Gasteiger partial charge >= 0.3 is 0 Å². The topological polar surface area (TPSA) is 82.5 Å². The summed E-state index contributed by atoms with van der Waals surface area (Å²) in [6, 6.07) is 3.84. The van der Waals surface area contributed by atoms with Crippen LogP contribution in [0.2, 0.25) is 0 Å². The van der Waals surface area contributed by atoms with Gasteiger partial charge < -0.3 is 15.2 Å². The van der Waals surface area contributed by atoms with E-state index in [0.29, 0.717) is 0 Å². The molecule has 1 aliphatic rings. The summed E-state index contributed by atoms with van der Waals surface area (Å²) in [5, 5.41) is 2.73. The molecule has 0 aliphatic carbocycles. The Hall–Kier alpha value is -1.35. The monoisotopic (exact) mass is 333 g/mol. The molecule has 8 heteroatoms. The Morgan fingerprint density at radius 1 is 1.48 bits per heavy atom. The summed E-state index contributed by atoms with van der Waals surface area (Å²) in [6.07, 6.45) is -1.97. The molecule has 0 amide bonds. The van der Waals surface area contributed by atoms with Gasteiger partial charge in [-0.25, -0.2) is 13.2 Å². The molecule has 4 atom stereocenters. The van der Waals surface area contributed by atoms with Gasteiger partial charge in [0.15, 0.2) is 6.35 Å². The smallest absolute Gasteiger partial charge is 0.161 e. The molecule has 1 fully saturated rings. The molecule has 1 aromatic rings. The summed E-state index contributed by atoms with van der Waals surface area (Å²) in [5.74, 6) is -1.47. The normalized spacial score (nSPS) is 29.4. The van der Waals surface area contributed by atoms with Crippen LogP contribution in [0.4, 0.5) is 18.9 Å². The van der Waals surface area contributed by atoms with Gasteiger partial charge in [0.2, 0.25) is 0 Å². The number of ether oxygens (including phenoxy) is 2. The fourth-order valence-corrected chi connectivity index (χ4v) is 3.03. The van der Waals surface area contributed by atoms with Crippen molar-refractivity contribution in [3.63, 3.8) is 0 Å². The van der Waals surface area contributed by atoms with Crippen LogP contribution in [0.1, 0.15) is 12.5 Å². The van der Waals surface area contributed by atoms with Crippen molar-refractivity contribution in [2.45, 2.75) is 24.9 Å². The molecule has 1 aromatic carbocycles. The minimum Gasteiger partial charge on any atom is -0.399 e. The van der Waals surface area contributed by atoms with E-state index in [1.165, 1.54) is 12.1 Å². The first-order chi connectivity index (χ1) is 11.0. The number of benzene rings is 1. The van der Waals surface area contributed by atoms with E-state index in [4.69, 9.17) is 20.9 Å². The minimum atomic E-state index is -1.58. The van der Waals surface area contributed by atoms with E-state index < -0.39 is 43.1 Å². The number of nitrogens with one attached hydrogen (secondary N) is 1. The summed E-state index contributed by atoms with van der Waals surface area (Å²) < 4.78 is 52.5. The van der Waals surface area contributed by atoms with Gasteiger partial charge in [0.1, 0.15) is 19.2 Å². The van der Waals surface area contributed by atoms with Crippen molar-refractivity contribution in [1.82, 2.24) is 5.32 Å². The molecular weight excluding hydrogens is 311 g/mol. The van der Waals surface area contributed by atoms with Crippen LogP contribution in [-0.4, -0.2) is 39.0 Å². The Balaban J connectivity index is 2.53. The van der Waals surface area contributed by atoms with Crippen LogP contribution in [0.15, 0.2) is 18.2 Å². The Morgan fingerprint density at radius 2 is 2.22 bits per heavy atom. The van der Waals surface area contributed by atoms with Gasteiger partial charge in [0, 0.05) is 23.8 Å². The number of halogens is 3. The van der Waals surface area contributed by atoms with Gasteiger partial charge in [0.05, 0.1) is 18.2 Å². The fraction of sp³-hybridized carbons (Fsp3) is 0.600. The lowest BCUT2D eigenvalue weighted by molar-refractivity contribution is -0.143. The van der Waals surface area contributed by atoms with Crippen LogP contribution in [0.3, 0.4) is 0 Å². The van der Waals surface area contributed by atoms with Gasteiger partial charge in [0.25, 0.3) is 0 Å². The van der Waals surface area contributed by atoms with Crippen LogP contribution in [0, 0.1) is 11.7 Å². The number of hydrogen-bond donors (Lipinski definition) is 3. The van der Waals surface area contributed by atoms with Crippen molar-refractivity contribution in [2.24, 2.45) is 11.7 Å². The second-order valence-electron chi connectivity index (χ2n) is 5.50. The predicted octanol–water partition coefficient (Wildman–Crippen LogP) is 1.43. The molecule has 130 valence electrons. The van der Waals surface area contributed by atoms with Gasteiger partial charge in [-0.05, 0) is 25.1 Å². The zero-order valence-corrected chi connectivity index (χ0v) is 12.9. The summed E-state index contributed by atoms with van der Waals surface area (Å²) >= 11 is 0. The number of nitrogen functional groups attached to an aromatic ring is 1. The maximum absolute atomic E-state index is 14.4. The van der Waals surface area contributed by atoms with E-state index in [9.17, 15) is 13.2 Å². The molecule has 23 heavy (non-hydrogen) atoms. The Labute approximate surface area is 133 Å². The van der Waals surface area contributed by atoms with Crippen molar-refractivity contribution in [1.29, 1.82) is 0 Å². The number of nitrogens with two attached hydrogens (primary N) is 2. The van der Waals surface area contributed by atoms with Gasteiger partial charge in [-0.15, -0.1) is 0 Å². The van der Waals surface area contributed by atoms with E-state index in [1.807, 2.05) is 0 Å². The second-order valence-corrected chi connectivity index (χ2v) is 5.50. The SMILES string of the molecule is CCO[C@@H](CF)[C@H]1COC(N)N[C@]1(CF)c1cc(N)ccc1F. The third kappa shape index (κ3) is 3.45. The van der Waals surface area contributed by atoms with Crippen molar-refractivity contribution in [3.05, 3.63) is 29.6 Å². The lowest BCUT2D eigenvalue weighted by Gasteiger charge is -2.47. The van der Waals surface area contributed by atoms with Gasteiger partial charge in [-0.1, -0.05) is 0 Å². The fourth-order valence-electron chi connectivity index (χ4n) is 3.03. The molecule has 1 unspecified atom stereocenters. The molecule has 1 heterocycles. The maximum Gasteiger partial charge on any atom is 0.161 e. The second kappa shape index (κ2) is 7.48. The molecular formula is C15H22F3N3O2. The van der Waals surface area contributed by atoms with Crippen LogP contribution in [0.5, 0.6) is 0 Å². The highest BCUT2D eigenvalue weighted by Gasteiger charge is 2.50. The van der Waals surface area contributed by atoms with Crippen molar-refractivity contribution < 1.29 is 22.6 Å². The number of rotatable bonds is 6. The van der Waals surface area contributed by atoms with E-state index in [-0.39, 0.29) is 24.5 Å². The summed E-state index contributed by atoms with van der Waals surface area (Å²) in [4.78, 5) is 0. The maximum atomic E-state index is 14.4. The molecule has 1 aliphatic heterocycles. The van der Waals surface area contributed by atoms with Gasteiger partial charge in [-0.3, -0.25) is 11.1 Å².